The zero-order valence-corrected chi connectivity index (χ0v) is 17.8. The third-order valence-electron chi connectivity index (χ3n) is 6.04. The molecule has 4 rings (SSSR count). The first-order valence-electron chi connectivity index (χ1n) is 11.1. The SMILES string of the molecule is Cc1ccc(NC(=O)N2CCC(=Cc3cccc(OCC4CCCC4)c3)CC2)cn1. The minimum atomic E-state index is -0.0537. The average Bonchev–Trinajstić information content (AvgIpc) is 3.28. The van der Waals surface area contributed by atoms with Crippen LogP contribution in [0.2, 0.25) is 0 Å². The van der Waals surface area contributed by atoms with Gasteiger partial charge in [-0.1, -0.05) is 36.6 Å². The van der Waals surface area contributed by atoms with Crippen LogP contribution in [0.3, 0.4) is 0 Å². The fourth-order valence-corrected chi connectivity index (χ4v) is 4.21. The molecule has 2 aliphatic rings. The van der Waals surface area contributed by atoms with Crippen molar-refractivity contribution in [3.8, 4) is 5.75 Å². The van der Waals surface area contributed by atoms with E-state index < -0.39 is 0 Å². The zero-order valence-electron chi connectivity index (χ0n) is 17.8. The summed E-state index contributed by atoms with van der Waals surface area (Å²) in [6.45, 7) is 4.23. The molecule has 2 aromatic rings. The van der Waals surface area contributed by atoms with E-state index in [4.69, 9.17) is 4.74 Å². The van der Waals surface area contributed by atoms with Gasteiger partial charge in [0, 0.05) is 18.8 Å². The van der Waals surface area contributed by atoms with Crippen LogP contribution < -0.4 is 10.1 Å². The molecule has 30 heavy (non-hydrogen) atoms. The maximum Gasteiger partial charge on any atom is 0.321 e. The standard InChI is InChI=1S/C25H31N3O2/c1-19-9-10-23(17-26-19)27-25(29)28-13-11-20(12-14-28)15-22-7-4-8-24(16-22)30-18-21-5-2-3-6-21/h4,7-10,15-17,21H,2-3,5-6,11-14,18H2,1H3,(H,27,29). The zero-order chi connectivity index (χ0) is 20.8. The Balaban J connectivity index is 1.28. The van der Waals surface area contributed by atoms with E-state index in [1.54, 1.807) is 6.20 Å². The lowest BCUT2D eigenvalue weighted by molar-refractivity contribution is 0.208. The van der Waals surface area contributed by atoms with Crippen molar-refractivity contribution in [2.45, 2.75) is 45.4 Å². The Bertz CT molecular complexity index is 876. The molecular weight excluding hydrogens is 374 g/mol. The Hall–Kier alpha value is -2.82. The quantitative estimate of drug-likeness (QED) is 0.697. The Kier molecular flexibility index (Phi) is 6.67. The van der Waals surface area contributed by atoms with Crippen molar-refractivity contribution in [3.05, 3.63) is 59.4 Å². The molecule has 2 amide bonds. The molecule has 2 heterocycles. The van der Waals surface area contributed by atoms with E-state index in [0.717, 1.165) is 55.6 Å². The number of nitrogens with zero attached hydrogens (tertiary/aromatic N) is 2. The van der Waals surface area contributed by atoms with E-state index in [9.17, 15) is 4.79 Å². The lowest BCUT2D eigenvalue weighted by atomic mass is 10.0. The number of amides is 2. The van der Waals surface area contributed by atoms with Gasteiger partial charge >= 0.3 is 6.03 Å². The minimum absolute atomic E-state index is 0.0537. The highest BCUT2D eigenvalue weighted by Crippen LogP contribution is 2.26. The maximum absolute atomic E-state index is 12.5. The van der Waals surface area contributed by atoms with Gasteiger partial charge in [0.25, 0.3) is 0 Å². The Morgan fingerprint density at radius 1 is 1.20 bits per heavy atom. The van der Waals surface area contributed by atoms with Crippen LogP contribution in [0.5, 0.6) is 5.75 Å². The molecule has 1 saturated carbocycles. The number of benzene rings is 1. The number of ether oxygens (including phenoxy) is 1. The molecule has 0 bridgehead atoms. The molecule has 0 radical (unpaired) electrons. The summed E-state index contributed by atoms with van der Waals surface area (Å²) in [5.74, 6) is 1.68. The number of urea groups is 1. The van der Waals surface area contributed by atoms with Gasteiger partial charge in [-0.3, -0.25) is 4.98 Å². The van der Waals surface area contributed by atoms with E-state index >= 15 is 0 Å². The van der Waals surface area contributed by atoms with Crippen LogP contribution >= 0.6 is 0 Å². The predicted octanol–water partition coefficient (Wildman–Crippen LogP) is 5.67. The van der Waals surface area contributed by atoms with Gasteiger partial charge in [-0.25, -0.2) is 4.79 Å². The van der Waals surface area contributed by atoms with Crippen molar-refractivity contribution in [2.75, 3.05) is 25.0 Å². The van der Waals surface area contributed by atoms with Crippen molar-refractivity contribution in [2.24, 2.45) is 5.92 Å². The van der Waals surface area contributed by atoms with Gasteiger partial charge in [0.2, 0.25) is 0 Å². The number of rotatable bonds is 5. The summed E-state index contributed by atoms with van der Waals surface area (Å²) < 4.78 is 6.04. The summed E-state index contributed by atoms with van der Waals surface area (Å²) in [6, 6.07) is 12.1. The molecule has 2 fully saturated rings. The molecule has 0 spiro atoms. The summed E-state index contributed by atoms with van der Waals surface area (Å²) in [5, 5.41) is 2.94. The summed E-state index contributed by atoms with van der Waals surface area (Å²) in [5.41, 5.74) is 4.23. The summed E-state index contributed by atoms with van der Waals surface area (Å²) >= 11 is 0. The number of likely N-dealkylation sites (tertiary alicyclic amines) is 1. The monoisotopic (exact) mass is 405 g/mol. The van der Waals surface area contributed by atoms with E-state index in [-0.39, 0.29) is 6.03 Å². The van der Waals surface area contributed by atoms with Crippen LogP contribution in [-0.2, 0) is 0 Å². The number of carbonyl (C=O) groups excluding carboxylic acids is 1. The number of anilines is 1. The molecule has 1 saturated heterocycles. The topological polar surface area (TPSA) is 54.5 Å². The molecule has 0 atom stereocenters. The number of hydrogen-bond acceptors (Lipinski definition) is 3. The lowest BCUT2D eigenvalue weighted by Gasteiger charge is -2.28. The summed E-state index contributed by atoms with van der Waals surface area (Å²) in [4.78, 5) is 18.6. The van der Waals surface area contributed by atoms with Gasteiger partial charge in [0.15, 0.2) is 0 Å². The Morgan fingerprint density at radius 3 is 2.73 bits per heavy atom. The van der Waals surface area contributed by atoms with Crippen LogP contribution in [0.15, 0.2) is 48.2 Å². The summed E-state index contributed by atoms with van der Waals surface area (Å²) in [7, 11) is 0. The van der Waals surface area contributed by atoms with E-state index in [1.165, 1.54) is 36.8 Å². The molecule has 1 aliphatic carbocycles. The molecule has 0 unspecified atom stereocenters. The lowest BCUT2D eigenvalue weighted by Crippen LogP contribution is -2.39. The third-order valence-corrected chi connectivity index (χ3v) is 6.04. The van der Waals surface area contributed by atoms with Crippen LogP contribution in [0.4, 0.5) is 10.5 Å². The second kappa shape index (κ2) is 9.79. The number of aryl methyl sites for hydroxylation is 1. The molecule has 1 aromatic carbocycles. The normalized spacial score (nSPS) is 17.1. The number of piperidine rings is 1. The van der Waals surface area contributed by atoms with Gasteiger partial charge in [-0.15, -0.1) is 0 Å². The highest BCUT2D eigenvalue weighted by molar-refractivity contribution is 5.89. The average molecular weight is 406 g/mol. The third kappa shape index (κ3) is 5.62. The smallest absolute Gasteiger partial charge is 0.321 e. The fourth-order valence-electron chi connectivity index (χ4n) is 4.21. The van der Waals surface area contributed by atoms with Gasteiger partial charge in [0.05, 0.1) is 18.5 Å². The molecule has 5 heteroatoms. The van der Waals surface area contributed by atoms with E-state index in [0.29, 0.717) is 0 Å². The van der Waals surface area contributed by atoms with Crippen LogP contribution in [-0.4, -0.2) is 35.6 Å². The van der Waals surface area contributed by atoms with Gasteiger partial charge in [-0.2, -0.15) is 0 Å². The fraction of sp³-hybridized carbons (Fsp3) is 0.440. The predicted molar refractivity (Wildman–Crippen MR) is 121 cm³/mol. The van der Waals surface area contributed by atoms with E-state index in [1.807, 2.05) is 30.0 Å². The van der Waals surface area contributed by atoms with Crippen molar-refractivity contribution >= 4 is 17.8 Å². The number of pyridine rings is 1. The minimum Gasteiger partial charge on any atom is -0.493 e. The van der Waals surface area contributed by atoms with Gasteiger partial charge < -0.3 is 15.0 Å². The molecular formula is C25H31N3O2. The first-order chi connectivity index (χ1) is 14.7. The highest BCUT2D eigenvalue weighted by atomic mass is 16.5. The van der Waals surface area contributed by atoms with Crippen LogP contribution in [0.25, 0.3) is 6.08 Å². The molecule has 1 aromatic heterocycles. The number of nitrogens with one attached hydrogen (secondary N) is 1. The van der Waals surface area contributed by atoms with E-state index in [2.05, 4.69) is 34.6 Å². The second-order valence-electron chi connectivity index (χ2n) is 8.44. The Morgan fingerprint density at radius 2 is 2.00 bits per heavy atom. The number of aromatic nitrogens is 1. The molecule has 158 valence electrons. The molecule has 5 nitrogen and oxygen atoms in total. The van der Waals surface area contributed by atoms with Gasteiger partial charge in [-0.05, 0) is 68.4 Å². The van der Waals surface area contributed by atoms with Crippen molar-refractivity contribution in [3.63, 3.8) is 0 Å². The molecule has 1 N–H and O–H groups in total. The first-order valence-corrected chi connectivity index (χ1v) is 11.1. The first kappa shape index (κ1) is 20.5. The maximum atomic E-state index is 12.5. The van der Waals surface area contributed by atoms with Crippen molar-refractivity contribution < 1.29 is 9.53 Å². The number of carbonyl (C=O) groups is 1. The second-order valence-corrected chi connectivity index (χ2v) is 8.44. The summed E-state index contributed by atoms with van der Waals surface area (Å²) in [6.07, 6.45) is 11.0. The van der Waals surface area contributed by atoms with Crippen molar-refractivity contribution in [1.82, 2.24) is 9.88 Å². The van der Waals surface area contributed by atoms with Crippen LogP contribution in [0, 0.1) is 12.8 Å². The van der Waals surface area contributed by atoms with Crippen LogP contribution in [0.1, 0.15) is 49.8 Å². The van der Waals surface area contributed by atoms with Gasteiger partial charge in [0.1, 0.15) is 5.75 Å². The number of hydrogen-bond donors (Lipinski definition) is 1. The largest absolute Gasteiger partial charge is 0.493 e. The Labute approximate surface area is 179 Å². The highest BCUT2D eigenvalue weighted by Gasteiger charge is 2.19. The molecule has 1 aliphatic heterocycles. The van der Waals surface area contributed by atoms with Crippen molar-refractivity contribution in [1.29, 1.82) is 0 Å².